The summed E-state index contributed by atoms with van der Waals surface area (Å²) in [5, 5.41) is 12.5. The molecule has 0 fully saturated rings. The largest absolute Gasteiger partial charge is 0.393 e. The van der Waals surface area contributed by atoms with Gasteiger partial charge in [-0.25, -0.2) is 4.39 Å². The summed E-state index contributed by atoms with van der Waals surface area (Å²) in [4.78, 5) is 0. The number of nitrogens with one attached hydrogen (secondary N) is 1. The van der Waals surface area contributed by atoms with Crippen LogP contribution in [0.15, 0.2) is 24.3 Å². The first-order valence-corrected chi connectivity index (χ1v) is 5.80. The van der Waals surface area contributed by atoms with Crippen LogP contribution in [0.3, 0.4) is 0 Å². The molecule has 2 atom stereocenters. The molecule has 0 saturated heterocycles. The van der Waals surface area contributed by atoms with Crippen LogP contribution >= 0.6 is 0 Å². The molecule has 0 heterocycles. The third-order valence-electron chi connectivity index (χ3n) is 2.63. The first kappa shape index (κ1) is 13.1. The normalized spacial score (nSPS) is 14.8. The maximum atomic E-state index is 12.8. The minimum atomic E-state index is -0.279. The van der Waals surface area contributed by atoms with E-state index in [1.54, 1.807) is 19.1 Å². The molecule has 0 aliphatic rings. The van der Waals surface area contributed by atoms with Gasteiger partial charge in [-0.1, -0.05) is 19.1 Å². The Hall–Kier alpha value is -0.930. The van der Waals surface area contributed by atoms with Crippen LogP contribution in [0.5, 0.6) is 0 Å². The van der Waals surface area contributed by atoms with Gasteiger partial charge >= 0.3 is 0 Å². The molecule has 0 radical (unpaired) electrons. The first-order valence-electron chi connectivity index (χ1n) is 5.80. The Morgan fingerprint density at radius 3 is 2.44 bits per heavy atom. The van der Waals surface area contributed by atoms with Crippen molar-refractivity contribution in [3.05, 3.63) is 35.6 Å². The number of benzene rings is 1. The van der Waals surface area contributed by atoms with Gasteiger partial charge in [0.1, 0.15) is 5.82 Å². The lowest BCUT2D eigenvalue weighted by Crippen LogP contribution is -2.24. The van der Waals surface area contributed by atoms with Gasteiger partial charge < -0.3 is 10.4 Å². The van der Waals surface area contributed by atoms with Crippen LogP contribution in [0.4, 0.5) is 4.39 Å². The molecule has 2 N–H and O–H groups in total. The van der Waals surface area contributed by atoms with Crippen LogP contribution in [-0.4, -0.2) is 17.8 Å². The monoisotopic (exact) mass is 225 g/mol. The zero-order chi connectivity index (χ0) is 12.0. The molecule has 1 aromatic rings. The highest BCUT2D eigenvalue weighted by molar-refractivity contribution is 5.19. The molecular formula is C13H20FNO. The second-order valence-corrected chi connectivity index (χ2v) is 4.10. The third kappa shape index (κ3) is 4.29. The lowest BCUT2D eigenvalue weighted by Gasteiger charge is -2.18. The van der Waals surface area contributed by atoms with Crippen LogP contribution < -0.4 is 5.32 Å². The number of halogens is 1. The Balaban J connectivity index is 2.50. The lowest BCUT2D eigenvalue weighted by molar-refractivity contribution is 0.182. The molecule has 2 unspecified atom stereocenters. The second-order valence-electron chi connectivity index (χ2n) is 4.10. The second kappa shape index (κ2) is 6.61. The average Bonchev–Trinajstić information content (AvgIpc) is 2.26. The zero-order valence-electron chi connectivity index (χ0n) is 9.91. The van der Waals surface area contributed by atoms with Gasteiger partial charge in [-0.05, 0) is 44.0 Å². The lowest BCUT2D eigenvalue weighted by atomic mass is 10.0. The maximum Gasteiger partial charge on any atom is 0.123 e. The topological polar surface area (TPSA) is 32.3 Å². The highest BCUT2D eigenvalue weighted by Crippen LogP contribution is 2.16. The first-order chi connectivity index (χ1) is 7.63. The van der Waals surface area contributed by atoms with E-state index in [1.165, 1.54) is 12.1 Å². The Labute approximate surface area is 96.5 Å². The minimum Gasteiger partial charge on any atom is -0.393 e. The summed E-state index contributed by atoms with van der Waals surface area (Å²) in [5.74, 6) is -0.206. The summed E-state index contributed by atoms with van der Waals surface area (Å²) in [7, 11) is 0. The third-order valence-corrected chi connectivity index (χ3v) is 2.63. The molecule has 1 aromatic carbocycles. The van der Waals surface area contributed by atoms with Gasteiger partial charge in [-0.15, -0.1) is 0 Å². The Kier molecular flexibility index (Phi) is 5.43. The van der Waals surface area contributed by atoms with Gasteiger partial charge in [0.15, 0.2) is 0 Å². The molecule has 0 saturated carbocycles. The molecule has 0 spiro atoms. The van der Waals surface area contributed by atoms with Crippen molar-refractivity contribution in [2.45, 2.75) is 38.8 Å². The van der Waals surface area contributed by atoms with Crippen LogP contribution in [0, 0.1) is 5.82 Å². The van der Waals surface area contributed by atoms with Gasteiger partial charge in [0.25, 0.3) is 0 Å². The smallest absolute Gasteiger partial charge is 0.123 e. The van der Waals surface area contributed by atoms with Crippen LogP contribution in [0.2, 0.25) is 0 Å². The molecule has 3 heteroatoms. The summed E-state index contributed by atoms with van der Waals surface area (Å²) in [6.07, 6.45) is 1.40. The predicted molar refractivity (Wildman–Crippen MR) is 63.7 cm³/mol. The summed E-state index contributed by atoms with van der Waals surface area (Å²) in [6.45, 7) is 4.64. The number of hydrogen-bond acceptors (Lipinski definition) is 2. The van der Waals surface area contributed by atoms with E-state index in [0.29, 0.717) is 0 Å². The van der Waals surface area contributed by atoms with E-state index in [0.717, 1.165) is 24.9 Å². The number of hydrogen-bond donors (Lipinski definition) is 2. The fourth-order valence-corrected chi connectivity index (χ4v) is 1.66. The van der Waals surface area contributed by atoms with Gasteiger partial charge in [-0.2, -0.15) is 0 Å². The quantitative estimate of drug-likeness (QED) is 0.780. The fourth-order valence-electron chi connectivity index (χ4n) is 1.66. The molecule has 2 nitrogen and oxygen atoms in total. The molecule has 0 aliphatic carbocycles. The van der Waals surface area contributed by atoms with Gasteiger partial charge in [-0.3, -0.25) is 0 Å². The Bertz CT molecular complexity index is 297. The highest BCUT2D eigenvalue weighted by Gasteiger charge is 2.08. The van der Waals surface area contributed by atoms with E-state index in [4.69, 9.17) is 5.11 Å². The van der Waals surface area contributed by atoms with Crippen molar-refractivity contribution in [1.82, 2.24) is 5.32 Å². The summed E-state index contributed by atoms with van der Waals surface area (Å²) in [5.41, 5.74) is 1.09. The van der Waals surface area contributed by atoms with Gasteiger partial charge in [0.2, 0.25) is 0 Å². The average molecular weight is 225 g/mol. The molecule has 16 heavy (non-hydrogen) atoms. The molecule has 90 valence electrons. The molecule has 0 bridgehead atoms. The fraction of sp³-hybridized carbons (Fsp3) is 0.538. The summed E-state index contributed by atoms with van der Waals surface area (Å²) >= 11 is 0. The summed E-state index contributed by atoms with van der Waals surface area (Å²) < 4.78 is 12.8. The van der Waals surface area contributed by atoms with E-state index in [2.05, 4.69) is 12.2 Å². The Morgan fingerprint density at radius 2 is 1.94 bits per heavy atom. The SMILES string of the molecule is CCC(NCCC(C)O)c1ccc(F)cc1. The van der Waals surface area contributed by atoms with Crippen molar-refractivity contribution in [2.75, 3.05) is 6.54 Å². The van der Waals surface area contributed by atoms with E-state index in [9.17, 15) is 4.39 Å². The maximum absolute atomic E-state index is 12.8. The van der Waals surface area contributed by atoms with Gasteiger partial charge in [0.05, 0.1) is 6.10 Å². The van der Waals surface area contributed by atoms with Crippen molar-refractivity contribution >= 4 is 0 Å². The molecule has 0 amide bonds. The van der Waals surface area contributed by atoms with Crippen LogP contribution in [-0.2, 0) is 0 Å². The van der Waals surface area contributed by atoms with Crippen molar-refractivity contribution < 1.29 is 9.50 Å². The van der Waals surface area contributed by atoms with E-state index >= 15 is 0 Å². The number of aliphatic hydroxyl groups excluding tert-OH is 1. The van der Waals surface area contributed by atoms with E-state index in [1.807, 2.05) is 0 Å². The molecular weight excluding hydrogens is 205 g/mol. The number of rotatable bonds is 6. The summed E-state index contributed by atoms with van der Waals surface area (Å²) in [6, 6.07) is 6.81. The van der Waals surface area contributed by atoms with Crippen LogP contribution in [0.25, 0.3) is 0 Å². The predicted octanol–water partition coefficient (Wildman–Crippen LogP) is 2.64. The Morgan fingerprint density at radius 1 is 1.31 bits per heavy atom. The van der Waals surface area contributed by atoms with Crippen LogP contribution in [0.1, 0.15) is 38.3 Å². The standard InChI is InChI=1S/C13H20FNO/c1-3-13(15-9-8-10(2)16)11-4-6-12(14)7-5-11/h4-7,10,13,15-16H,3,8-9H2,1-2H3. The van der Waals surface area contributed by atoms with E-state index < -0.39 is 0 Å². The van der Waals surface area contributed by atoms with Crippen molar-refractivity contribution in [2.24, 2.45) is 0 Å². The van der Waals surface area contributed by atoms with Gasteiger partial charge in [0, 0.05) is 6.04 Å². The minimum absolute atomic E-state index is 0.206. The van der Waals surface area contributed by atoms with Crippen molar-refractivity contribution in [3.8, 4) is 0 Å². The van der Waals surface area contributed by atoms with Crippen molar-refractivity contribution in [1.29, 1.82) is 0 Å². The zero-order valence-corrected chi connectivity index (χ0v) is 9.91. The molecule has 1 rings (SSSR count). The van der Waals surface area contributed by atoms with E-state index in [-0.39, 0.29) is 18.0 Å². The molecule has 0 aromatic heterocycles. The molecule has 0 aliphatic heterocycles. The van der Waals surface area contributed by atoms with Crippen molar-refractivity contribution in [3.63, 3.8) is 0 Å². The number of aliphatic hydroxyl groups is 1. The highest BCUT2D eigenvalue weighted by atomic mass is 19.1.